The third-order valence-corrected chi connectivity index (χ3v) is 2.60. The van der Waals surface area contributed by atoms with Crippen LogP contribution in [0.25, 0.3) is 0 Å². The molecule has 3 nitrogen and oxygen atoms in total. The van der Waals surface area contributed by atoms with Crippen LogP contribution in [0.4, 0.5) is 22.4 Å². The molecule has 0 spiro atoms. The number of carbonyl (C=O) groups excluding carboxylic acids is 1. The molecular formula is C11H17F4NO2. The Morgan fingerprint density at radius 3 is 2.28 bits per heavy atom. The van der Waals surface area contributed by atoms with Gasteiger partial charge in [0.15, 0.2) is 0 Å². The minimum absolute atomic E-state index is 0.0325. The molecule has 0 aromatic heterocycles. The minimum atomic E-state index is -4.96. The third kappa shape index (κ3) is 3.49. The van der Waals surface area contributed by atoms with Crippen LogP contribution in [-0.2, 0) is 4.74 Å². The SMILES string of the molecule is CC(C)(C)OC(=O)N1CCCC(F)(C(F)(F)F)C1. The van der Waals surface area contributed by atoms with Crippen LogP contribution in [0, 0.1) is 0 Å². The molecule has 18 heavy (non-hydrogen) atoms. The first-order valence-corrected chi connectivity index (χ1v) is 5.68. The van der Waals surface area contributed by atoms with Gasteiger partial charge in [-0.25, -0.2) is 9.18 Å². The van der Waals surface area contributed by atoms with Crippen molar-refractivity contribution in [1.82, 2.24) is 4.90 Å². The van der Waals surface area contributed by atoms with E-state index in [4.69, 9.17) is 4.74 Å². The maximum absolute atomic E-state index is 13.7. The van der Waals surface area contributed by atoms with E-state index >= 15 is 0 Å². The van der Waals surface area contributed by atoms with Crippen LogP contribution in [0.15, 0.2) is 0 Å². The summed E-state index contributed by atoms with van der Waals surface area (Å²) in [5.41, 5.74) is -4.14. The molecule has 1 saturated heterocycles. The molecule has 1 unspecified atom stereocenters. The van der Waals surface area contributed by atoms with Crippen molar-refractivity contribution in [2.45, 2.75) is 51.1 Å². The molecule has 1 amide bonds. The third-order valence-electron chi connectivity index (χ3n) is 2.60. The number of rotatable bonds is 0. The molecule has 1 aliphatic rings. The Labute approximate surface area is 103 Å². The minimum Gasteiger partial charge on any atom is -0.444 e. The molecule has 1 atom stereocenters. The van der Waals surface area contributed by atoms with Crippen LogP contribution in [0.2, 0.25) is 0 Å². The highest BCUT2D eigenvalue weighted by atomic mass is 19.4. The van der Waals surface area contributed by atoms with E-state index in [0.29, 0.717) is 0 Å². The first-order chi connectivity index (χ1) is 7.95. The van der Waals surface area contributed by atoms with Gasteiger partial charge in [0.25, 0.3) is 0 Å². The molecule has 0 aromatic carbocycles. The first-order valence-electron chi connectivity index (χ1n) is 5.68. The summed E-state index contributed by atoms with van der Waals surface area (Å²) in [5, 5.41) is 0. The quantitative estimate of drug-likeness (QED) is 0.633. The lowest BCUT2D eigenvalue weighted by atomic mass is 9.94. The molecule has 1 heterocycles. The van der Waals surface area contributed by atoms with Crippen molar-refractivity contribution in [1.29, 1.82) is 0 Å². The molecule has 0 aliphatic carbocycles. The normalized spacial score (nSPS) is 26.1. The van der Waals surface area contributed by atoms with Gasteiger partial charge < -0.3 is 9.64 Å². The van der Waals surface area contributed by atoms with Gasteiger partial charge in [-0.1, -0.05) is 0 Å². The largest absolute Gasteiger partial charge is 0.444 e. The number of amides is 1. The summed E-state index contributed by atoms with van der Waals surface area (Å²) in [6.07, 6.45) is -6.52. The van der Waals surface area contributed by atoms with Gasteiger partial charge in [0.2, 0.25) is 5.67 Å². The second kappa shape index (κ2) is 4.59. The van der Waals surface area contributed by atoms with Crippen molar-refractivity contribution >= 4 is 6.09 Å². The van der Waals surface area contributed by atoms with Crippen molar-refractivity contribution in [3.8, 4) is 0 Å². The monoisotopic (exact) mass is 271 g/mol. The lowest BCUT2D eigenvalue weighted by Crippen LogP contribution is -2.56. The van der Waals surface area contributed by atoms with Crippen molar-refractivity contribution in [3.05, 3.63) is 0 Å². The zero-order valence-electron chi connectivity index (χ0n) is 10.6. The Morgan fingerprint density at radius 1 is 1.28 bits per heavy atom. The molecule has 1 fully saturated rings. The van der Waals surface area contributed by atoms with Gasteiger partial charge >= 0.3 is 12.3 Å². The predicted octanol–water partition coefficient (Wildman–Crippen LogP) is 3.29. The number of alkyl halides is 4. The lowest BCUT2D eigenvalue weighted by Gasteiger charge is -2.38. The van der Waals surface area contributed by atoms with Crippen LogP contribution in [-0.4, -0.2) is 41.5 Å². The van der Waals surface area contributed by atoms with E-state index < -0.39 is 36.5 Å². The molecule has 0 radical (unpaired) electrons. The number of likely N-dealkylation sites (tertiary alicyclic amines) is 1. The summed E-state index contributed by atoms with van der Waals surface area (Å²) in [7, 11) is 0. The highest BCUT2D eigenvalue weighted by molar-refractivity contribution is 5.68. The fraction of sp³-hybridized carbons (Fsp3) is 0.909. The molecular weight excluding hydrogens is 254 g/mol. The maximum Gasteiger partial charge on any atom is 0.424 e. The van der Waals surface area contributed by atoms with E-state index in [-0.39, 0.29) is 13.0 Å². The zero-order chi connectivity index (χ0) is 14.2. The predicted molar refractivity (Wildman–Crippen MR) is 56.9 cm³/mol. The van der Waals surface area contributed by atoms with Crippen LogP contribution in [0.3, 0.4) is 0 Å². The van der Waals surface area contributed by atoms with Gasteiger partial charge in [-0.3, -0.25) is 0 Å². The number of carbonyl (C=O) groups is 1. The smallest absolute Gasteiger partial charge is 0.424 e. The summed E-state index contributed by atoms with van der Waals surface area (Å²) in [5.74, 6) is 0. The molecule has 0 aromatic rings. The molecule has 106 valence electrons. The molecule has 1 rings (SSSR count). The summed E-state index contributed by atoms with van der Waals surface area (Å²) in [6, 6.07) is 0. The molecule has 0 saturated carbocycles. The molecule has 1 aliphatic heterocycles. The summed E-state index contributed by atoms with van der Waals surface area (Å²) < 4.78 is 56.3. The maximum atomic E-state index is 13.7. The van der Waals surface area contributed by atoms with Crippen molar-refractivity contribution in [2.24, 2.45) is 0 Å². The van der Waals surface area contributed by atoms with E-state index in [0.717, 1.165) is 4.90 Å². The Balaban J connectivity index is 2.73. The van der Waals surface area contributed by atoms with Gasteiger partial charge in [-0.2, -0.15) is 13.2 Å². The van der Waals surface area contributed by atoms with E-state index in [1.54, 1.807) is 20.8 Å². The van der Waals surface area contributed by atoms with Crippen LogP contribution in [0.1, 0.15) is 33.6 Å². The number of hydrogen-bond donors (Lipinski definition) is 0. The van der Waals surface area contributed by atoms with E-state index in [1.807, 2.05) is 0 Å². The molecule has 0 bridgehead atoms. The van der Waals surface area contributed by atoms with Gasteiger partial charge in [-0.15, -0.1) is 0 Å². The van der Waals surface area contributed by atoms with Gasteiger partial charge in [0, 0.05) is 6.54 Å². The standard InChI is InChI=1S/C11H17F4NO2/c1-9(2,3)18-8(17)16-6-4-5-10(12,7-16)11(13,14)15/h4-7H2,1-3H3. The van der Waals surface area contributed by atoms with Gasteiger partial charge in [-0.05, 0) is 33.6 Å². The second-order valence-corrected chi connectivity index (χ2v) is 5.47. The van der Waals surface area contributed by atoms with E-state index in [1.165, 1.54) is 0 Å². The highest BCUT2D eigenvalue weighted by Gasteiger charge is 2.58. The van der Waals surface area contributed by atoms with Crippen molar-refractivity contribution in [2.75, 3.05) is 13.1 Å². The van der Waals surface area contributed by atoms with E-state index in [9.17, 15) is 22.4 Å². The average molecular weight is 271 g/mol. The summed E-state index contributed by atoms with van der Waals surface area (Å²) in [4.78, 5) is 12.4. The lowest BCUT2D eigenvalue weighted by molar-refractivity contribution is -0.242. The summed E-state index contributed by atoms with van der Waals surface area (Å²) in [6.45, 7) is 3.88. The number of hydrogen-bond acceptors (Lipinski definition) is 2. The topological polar surface area (TPSA) is 29.5 Å². The van der Waals surface area contributed by atoms with Crippen molar-refractivity contribution in [3.63, 3.8) is 0 Å². The fourth-order valence-electron chi connectivity index (χ4n) is 1.72. The van der Waals surface area contributed by atoms with Crippen molar-refractivity contribution < 1.29 is 27.1 Å². The molecule has 7 heteroatoms. The molecule has 0 N–H and O–H groups in total. The number of piperidine rings is 1. The summed E-state index contributed by atoms with van der Waals surface area (Å²) >= 11 is 0. The van der Waals surface area contributed by atoms with Crippen LogP contribution < -0.4 is 0 Å². The van der Waals surface area contributed by atoms with Crippen LogP contribution >= 0.6 is 0 Å². The van der Waals surface area contributed by atoms with E-state index in [2.05, 4.69) is 0 Å². The number of ether oxygens (including phenoxy) is 1. The zero-order valence-corrected chi connectivity index (χ0v) is 10.6. The fourth-order valence-corrected chi connectivity index (χ4v) is 1.72. The van der Waals surface area contributed by atoms with Crippen LogP contribution in [0.5, 0.6) is 0 Å². The Hall–Kier alpha value is -1.01. The average Bonchev–Trinajstić information content (AvgIpc) is 2.13. The second-order valence-electron chi connectivity index (χ2n) is 5.47. The first kappa shape index (κ1) is 15.0. The van der Waals surface area contributed by atoms with Gasteiger partial charge in [0.1, 0.15) is 5.60 Å². The number of halogens is 4. The van der Waals surface area contributed by atoms with Gasteiger partial charge in [0.05, 0.1) is 6.54 Å². The Bertz CT molecular complexity index is 324. The number of nitrogens with zero attached hydrogens (tertiary/aromatic N) is 1. The highest BCUT2D eigenvalue weighted by Crippen LogP contribution is 2.40. The Kier molecular flexibility index (Phi) is 3.83. The Morgan fingerprint density at radius 2 is 1.83 bits per heavy atom.